The molecule has 2 N–H and O–H groups in total. The number of aromatic hydroxyl groups is 2. The first-order chi connectivity index (χ1) is 9.10. The van der Waals surface area contributed by atoms with Gasteiger partial charge in [0.2, 0.25) is 0 Å². The molecule has 0 radical (unpaired) electrons. The van der Waals surface area contributed by atoms with Crippen LogP contribution in [0, 0.1) is 6.92 Å². The molecule has 19 heavy (non-hydrogen) atoms. The number of hydrogen-bond donors (Lipinski definition) is 2. The van der Waals surface area contributed by atoms with Crippen LogP contribution in [0.3, 0.4) is 0 Å². The highest BCUT2D eigenvalue weighted by molar-refractivity contribution is 5.83. The summed E-state index contributed by atoms with van der Waals surface area (Å²) in [6.07, 6.45) is 1.67. The molecule has 0 heterocycles. The van der Waals surface area contributed by atoms with Crippen LogP contribution < -0.4 is 4.74 Å². The Morgan fingerprint density at radius 2 is 1.79 bits per heavy atom. The van der Waals surface area contributed by atoms with E-state index in [1.807, 2.05) is 6.92 Å². The molecule has 0 atom stereocenters. The van der Waals surface area contributed by atoms with E-state index in [1.165, 1.54) is 7.11 Å². The van der Waals surface area contributed by atoms with Gasteiger partial charge in [-0.15, -0.1) is 0 Å². The van der Waals surface area contributed by atoms with Crippen LogP contribution >= 0.6 is 0 Å². The van der Waals surface area contributed by atoms with E-state index in [9.17, 15) is 10.2 Å². The van der Waals surface area contributed by atoms with Crippen LogP contribution in [-0.4, -0.2) is 23.5 Å². The number of methoxy groups -OCH3 is 1. The largest absolute Gasteiger partial charge is 0.508 e. The van der Waals surface area contributed by atoms with E-state index < -0.39 is 0 Å². The van der Waals surface area contributed by atoms with E-state index in [0.29, 0.717) is 5.75 Å². The van der Waals surface area contributed by atoms with Crippen molar-refractivity contribution >= 4 is 11.9 Å². The van der Waals surface area contributed by atoms with Gasteiger partial charge in [-0.25, -0.2) is 0 Å². The molecule has 0 saturated heterocycles. The van der Waals surface area contributed by atoms with Gasteiger partial charge in [0.15, 0.2) is 11.5 Å². The van der Waals surface area contributed by atoms with Crippen LogP contribution in [0.4, 0.5) is 5.69 Å². The fraction of sp³-hybridized carbons (Fsp3) is 0.133. The second kappa shape index (κ2) is 5.44. The molecule has 2 rings (SSSR count). The lowest BCUT2D eigenvalue weighted by Gasteiger charge is -2.03. The summed E-state index contributed by atoms with van der Waals surface area (Å²) in [6.45, 7) is 1.82. The molecule has 0 aliphatic rings. The molecule has 0 bridgehead atoms. The normalized spacial score (nSPS) is 10.8. The van der Waals surface area contributed by atoms with Crippen molar-refractivity contribution in [2.24, 2.45) is 4.99 Å². The van der Waals surface area contributed by atoms with Gasteiger partial charge in [-0.05, 0) is 54.4 Å². The maximum absolute atomic E-state index is 9.49. The summed E-state index contributed by atoms with van der Waals surface area (Å²) in [5, 5.41) is 18.9. The van der Waals surface area contributed by atoms with Crippen molar-refractivity contribution in [3.63, 3.8) is 0 Å². The quantitative estimate of drug-likeness (QED) is 0.830. The third-order valence-electron chi connectivity index (χ3n) is 2.75. The number of aliphatic imine (C=N–C) groups is 1. The van der Waals surface area contributed by atoms with E-state index in [0.717, 1.165) is 16.8 Å². The lowest BCUT2D eigenvalue weighted by atomic mass is 10.2. The summed E-state index contributed by atoms with van der Waals surface area (Å²) in [5.74, 6) is 0.760. The molecule has 0 saturated carbocycles. The zero-order valence-corrected chi connectivity index (χ0v) is 10.8. The van der Waals surface area contributed by atoms with Crippen LogP contribution in [0.5, 0.6) is 17.2 Å². The summed E-state index contributed by atoms with van der Waals surface area (Å²) in [4.78, 5) is 4.31. The third-order valence-corrected chi connectivity index (χ3v) is 2.75. The smallest absolute Gasteiger partial charge is 0.161 e. The minimum atomic E-state index is 0.0973. The summed E-state index contributed by atoms with van der Waals surface area (Å²) in [7, 11) is 1.50. The van der Waals surface area contributed by atoms with Crippen LogP contribution in [0.1, 0.15) is 11.1 Å². The van der Waals surface area contributed by atoms with E-state index >= 15 is 0 Å². The predicted octanol–water partition coefficient (Wildman–Crippen LogP) is 3.17. The molecule has 2 aromatic rings. The highest BCUT2D eigenvalue weighted by Gasteiger charge is 2.01. The minimum absolute atomic E-state index is 0.0973. The van der Waals surface area contributed by atoms with Gasteiger partial charge in [-0.1, -0.05) is 0 Å². The number of phenolic OH excluding ortho intramolecular Hbond substituents is 2. The summed E-state index contributed by atoms with van der Waals surface area (Å²) in [5.41, 5.74) is 2.35. The third kappa shape index (κ3) is 3.04. The van der Waals surface area contributed by atoms with Gasteiger partial charge in [-0.2, -0.15) is 0 Å². The first-order valence-electron chi connectivity index (χ1n) is 5.81. The summed E-state index contributed by atoms with van der Waals surface area (Å²) >= 11 is 0. The SMILES string of the molecule is COc1cc(/C=N/c2ccc(O)c(C)c2)ccc1O. The van der Waals surface area contributed by atoms with Crippen molar-refractivity contribution in [1.82, 2.24) is 0 Å². The van der Waals surface area contributed by atoms with Crippen molar-refractivity contribution < 1.29 is 14.9 Å². The second-order valence-corrected chi connectivity index (χ2v) is 4.16. The van der Waals surface area contributed by atoms with Crippen LogP contribution in [0.2, 0.25) is 0 Å². The van der Waals surface area contributed by atoms with Gasteiger partial charge in [0.25, 0.3) is 0 Å². The standard InChI is InChI=1S/C15H15NO3/c1-10-7-12(4-6-13(10)17)16-9-11-3-5-14(18)15(8-11)19-2/h3-9,17-18H,1-2H3/b16-9+. The fourth-order valence-corrected chi connectivity index (χ4v) is 1.64. The molecular weight excluding hydrogens is 242 g/mol. The van der Waals surface area contributed by atoms with E-state index in [-0.39, 0.29) is 11.5 Å². The van der Waals surface area contributed by atoms with Gasteiger partial charge < -0.3 is 14.9 Å². The molecule has 0 fully saturated rings. The van der Waals surface area contributed by atoms with Crippen LogP contribution in [-0.2, 0) is 0 Å². The Morgan fingerprint density at radius 1 is 1.05 bits per heavy atom. The van der Waals surface area contributed by atoms with Crippen molar-refractivity contribution in [1.29, 1.82) is 0 Å². The zero-order valence-electron chi connectivity index (χ0n) is 10.8. The number of aryl methyl sites for hydroxylation is 1. The average molecular weight is 257 g/mol. The van der Waals surface area contributed by atoms with E-state index in [2.05, 4.69) is 4.99 Å². The van der Waals surface area contributed by atoms with E-state index in [4.69, 9.17) is 4.74 Å². The maximum atomic E-state index is 9.49. The average Bonchev–Trinajstić information content (AvgIpc) is 2.41. The van der Waals surface area contributed by atoms with Crippen molar-refractivity contribution in [2.45, 2.75) is 6.92 Å². The Balaban J connectivity index is 2.24. The Morgan fingerprint density at radius 3 is 2.47 bits per heavy atom. The van der Waals surface area contributed by atoms with Gasteiger partial charge in [0.1, 0.15) is 5.75 Å². The van der Waals surface area contributed by atoms with Crippen molar-refractivity contribution in [2.75, 3.05) is 7.11 Å². The summed E-state index contributed by atoms with van der Waals surface area (Å²) < 4.78 is 5.03. The van der Waals surface area contributed by atoms with Crippen molar-refractivity contribution in [3.8, 4) is 17.2 Å². The lowest BCUT2D eigenvalue weighted by molar-refractivity contribution is 0.373. The van der Waals surface area contributed by atoms with Gasteiger partial charge in [0, 0.05) is 6.21 Å². The molecule has 0 aliphatic carbocycles. The molecule has 2 aromatic carbocycles. The number of nitrogens with zero attached hydrogens (tertiary/aromatic N) is 1. The molecule has 4 heteroatoms. The minimum Gasteiger partial charge on any atom is -0.508 e. The highest BCUT2D eigenvalue weighted by atomic mass is 16.5. The Hall–Kier alpha value is -2.49. The molecular formula is C15H15NO3. The number of benzene rings is 2. The lowest BCUT2D eigenvalue weighted by Crippen LogP contribution is -1.87. The molecule has 0 amide bonds. The number of rotatable bonds is 3. The maximum Gasteiger partial charge on any atom is 0.161 e. The Labute approximate surface area is 111 Å². The molecule has 0 spiro atoms. The topological polar surface area (TPSA) is 62.0 Å². The Kier molecular flexibility index (Phi) is 3.71. The van der Waals surface area contributed by atoms with Crippen LogP contribution in [0.25, 0.3) is 0 Å². The first-order valence-corrected chi connectivity index (χ1v) is 5.81. The van der Waals surface area contributed by atoms with Crippen LogP contribution in [0.15, 0.2) is 41.4 Å². The van der Waals surface area contributed by atoms with E-state index in [1.54, 1.807) is 42.6 Å². The molecule has 98 valence electrons. The summed E-state index contributed by atoms with van der Waals surface area (Å²) in [6, 6.07) is 10.1. The van der Waals surface area contributed by atoms with Crippen molar-refractivity contribution in [3.05, 3.63) is 47.5 Å². The number of phenols is 2. The van der Waals surface area contributed by atoms with Gasteiger partial charge >= 0.3 is 0 Å². The first kappa shape index (κ1) is 13.0. The predicted molar refractivity (Wildman–Crippen MR) is 74.8 cm³/mol. The monoisotopic (exact) mass is 257 g/mol. The highest BCUT2D eigenvalue weighted by Crippen LogP contribution is 2.26. The van der Waals surface area contributed by atoms with Gasteiger partial charge in [-0.3, -0.25) is 4.99 Å². The molecule has 0 aliphatic heterocycles. The fourth-order valence-electron chi connectivity index (χ4n) is 1.64. The molecule has 4 nitrogen and oxygen atoms in total. The van der Waals surface area contributed by atoms with Gasteiger partial charge in [0.05, 0.1) is 12.8 Å². The zero-order chi connectivity index (χ0) is 13.8. The molecule has 0 aromatic heterocycles. The Bertz CT molecular complexity index is 621. The number of ether oxygens (including phenoxy) is 1. The second-order valence-electron chi connectivity index (χ2n) is 4.16. The molecule has 0 unspecified atom stereocenters. The number of hydrogen-bond acceptors (Lipinski definition) is 4.